The fourth-order valence-electron chi connectivity index (χ4n) is 2.26. The molecule has 27 heavy (non-hydrogen) atoms. The fourth-order valence-corrected chi connectivity index (χ4v) is 3.06. The van der Waals surface area contributed by atoms with Gasteiger partial charge < -0.3 is 13.9 Å². The van der Waals surface area contributed by atoms with E-state index in [1.807, 2.05) is 0 Å². The number of oxazole rings is 1. The first-order valence-electron chi connectivity index (χ1n) is 7.77. The maximum atomic E-state index is 12.4. The van der Waals surface area contributed by atoms with Gasteiger partial charge in [-0.2, -0.15) is 4.31 Å². The first kappa shape index (κ1) is 20.5. The van der Waals surface area contributed by atoms with E-state index in [0.29, 0.717) is 4.31 Å². The molecule has 0 spiro atoms. The molecule has 1 aromatic carbocycles. The third kappa shape index (κ3) is 4.67. The van der Waals surface area contributed by atoms with Gasteiger partial charge in [-0.25, -0.2) is 18.0 Å². The number of nitrogens with zero attached hydrogens (tertiary/aromatic N) is 2. The van der Waals surface area contributed by atoms with Crippen molar-refractivity contribution in [3.63, 3.8) is 0 Å². The van der Waals surface area contributed by atoms with Crippen molar-refractivity contribution in [1.29, 1.82) is 0 Å². The van der Waals surface area contributed by atoms with Gasteiger partial charge in [0, 0.05) is 6.07 Å². The average Bonchev–Trinajstić information content (AvgIpc) is 2.79. The van der Waals surface area contributed by atoms with Crippen molar-refractivity contribution in [2.24, 2.45) is 0 Å². The number of sulfonamides is 1. The third-order valence-corrected chi connectivity index (χ3v) is 4.32. The Kier molecular flexibility index (Phi) is 5.36. The van der Waals surface area contributed by atoms with E-state index in [1.54, 1.807) is 20.8 Å². The molecule has 2 rings (SSSR count). The van der Waals surface area contributed by atoms with Gasteiger partial charge in [-0.1, -0.05) is 0 Å². The summed E-state index contributed by atoms with van der Waals surface area (Å²) >= 11 is 0. The molecule has 0 fully saturated rings. The van der Waals surface area contributed by atoms with E-state index < -0.39 is 33.4 Å². The zero-order chi connectivity index (χ0) is 20.6. The number of ether oxygens (including phenoxy) is 2. The number of aromatic nitrogens is 1. The van der Waals surface area contributed by atoms with Crippen LogP contribution in [0.2, 0.25) is 0 Å². The minimum atomic E-state index is -4.03. The largest absolute Gasteiger partial charge is 0.468 e. The van der Waals surface area contributed by atoms with Crippen LogP contribution >= 0.6 is 0 Å². The van der Waals surface area contributed by atoms with Gasteiger partial charge >= 0.3 is 17.8 Å². The van der Waals surface area contributed by atoms with E-state index in [2.05, 4.69) is 4.74 Å². The molecule has 0 unspecified atom stereocenters. The van der Waals surface area contributed by atoms with Crippen LogP contribution in [0.3, 0.4) is 0 Å². The molecule has 1 amide bonds. The van der Waals surface area contributed by atoms with Crippen molar-refractivity contribution >= 4 is 38.9 Å². The number of hydrogen-bond acceptors (Lipinski definition) is 8. The molecule has 2 aromatic rings. The van der Waals surface area contributed by atoms with Gasteiger partial charge in [-0.15, -0.1) is 0 Å². The highest BCUT2D eigenvalue weighted by molar-refractivity contribution is 7.92. The molecular weight excluding hydrogens is 380 g/mol. The number of carbonyl (C=O) groups excluding carboxylic acids is 2. The SMILES string of the molecule is COC(=O)Cn1c(=O)oc2cc(N(C(=O)OC(C)(C)C)S(C)(=O)=O)ccc21. The number of methoxy groups -OCH3 is 1. The van der Waals surface area contributed by atoms with Crippen molar-refractivity contribution in [3.8, 4) is 0 Å². The Morgan fingerprint density at radius 1 is 1.26 bits per heavy atom. The van der Waals surface area contributed by atoms with Crippen LogP contribution in [0, 0.1) is 0 Å². The lowest BCUT2D eigenvalue weighted by Crippen LogP contribution is -2.40. The molecule has 0 saturated carbocycles. The van der Waals surface area contributed by atoms with E-state index in [1.165, 1.54) is 25.3 Å². The smallest absolute Gasteiger partial charge is 0.428 e. The number of benzene rings is 1. The standard InChI is InChI=1S/C16H20N2O8S/c1-16(2,3)26-15(21)18(27(5,22)23)10-6-7-11-12(8-10)25-14(20)17(11)9-13(19)24-4/h6-8H,9H2,1-5H3. The molecule has 0 bridgehead atoms. The Morgan fingerprint density at radius 3 is 2.41 bits per heavy atom. The molecule has 11 heteroatoms. The molecular formula is C16H20N2O8S. The predicted molar refractivity (Wildman–Crippen MR) is 96.0 cm³/mol. The summed E-state index contributed by atoms with van der Waals surface area (Å²) in [5.74, 6) is -1.48. The van der Waals surface area contributed by atoms with Crippen LogP contribution in [0.5, 0.6) is 0 Å². The summed E-state index contributed by atoms with van der Waals surface area (Å²) in [4.78, 5) is 35.8. The van der Waals surface area contributed by atoms with Crippen LogP contribution in [0.4, 0.5) is 10.5 Å². The Morgan fingerprint density at radius 2 is 1.89 bits per heavy atom. The van der Waals surface area contributed by atoms with Gasteiger partial charge in [0.1, 0.15) is 12.1 Å². The summed E-state index contributed by atoms with van der Waals surface area (Å²) < 4.78 is 40.5. The average molecular weight is 400 g/mol. The molecule has 0 radical (unpaired) electrons. The van der Waals surface area contributed by atoms with E-state index in [-0.39, 0.29) is 23.3 Å². The van der Waals surface area contributed by atoms with Gasteiger partial charge in [0.15, 0.2) is 5.58 Å². The number of rotatable bonds is 4. The zero-order valence-electron chi connectivity index (χ0n) is 15.5. The minimum Gasteiger partial charge on any atom is -0.468 e. The van der Waals surface area contributed by atoms with E-state index in [4.69, 9.17) is 9.15 Å². The lowest BCUT2D eigenvalue weighted by molar-refractivity contribution is -0.141. The maximum absolute atomic E-state index is 12.4. The minimum absolute atomic E-state index is 0.00129. The predicted octanol–water partition coefficient (Wildman–Crippen LogP) is 1.47. The summed E-state index contributed by atoms with van der Waals surface area (Å²) in [6.07, 6.45) is -0.250. The highest BCUT2D eigenvalue weighted by Crippen LogP contribution is 2.25. The van der Waals surface area contributed by atoms with Crippen LogP contribution in [0.25, 0.3) is 11.1 Å². The molecule has 0 aliphatic carbocycles. The van der Waals surface area contributed by atoms with Crippen LogP contribution < -0.4 is 10.1 Å². The van der Waals surface area contributed by atoms with Gasteiger partial charge in [-0.3, -0.25) is 9.36 Å². The molecule has 1 heterocycles. The number of amides is 1. The lowest BCUT2D eigenvalue weighted by atomic mass is 10.2. The Bertz CT molecular complexity index is 1040. The van der Waals surface area contributed by atoms with Gasteiger partial charge in [-0.05, 0) is 32.9 Å². The second-order valence-electron chi connectivity index (χ2n) is 6.69. The van der Waals surface area contributed by atoms with E-state index >= 15 is 0 Å². The molecule has 0 aliphatic heterocycles. The second-order valence-corrected chi connectivity index (χ2v) is 8.52. The lowest BCUT2D eigenvalue weighted by Gasteiger charge is -2.25. The fraction of sp³-hybridized carbons (Fsp3) is 0.438. The molecule has 10 nitrogen and oxygen atoms in total. The van der Waals surface area contributed by atoms with Crippen molar-refractivity contribution in [2.75, 3.05) is 17.7 Å². The highest BCUT2D eigenvalue weighted by atomic mass is 32.2. The third-order valence-electron chi connectivity index (χ3n) is 3.29. The number of carbonyl (C=O) groups is 2. The first-order chi connectivity index (χ1) is 12.3. The van der Waals surface area contributed by atoms with E-state index in [0.717, 1.165) is 10.8 Å². The Labute approximate surface area is 155 Å². The quantitative estimate of drug-likeness (QED) is 0.707. The molecule has 0 saturated heterocycles. The number of fused-ring (bicyclic) bond motifs is 1. The van der Waals surface area contributed by atoms with Crippen molar-refractivity contribution in [2.45, 2.75) is 32.9 Å². The molecule has 0 atom stereocenters. The summed E-state index contributed by atoms with van der Waals surface area (Å²) in [6, 6.07) is 3.87. The summed E-state index contributed by atoms with van der Waals surface area (Å²) in [7, 11) is -2.85. The molecule has 0 aliphatic rings. The molecule has 148 valence electrons. The number of anilines is 1. The Hall–Kier alpha value is -2.82. The van der Waals surface area contributed by atoms with Gasteiger partial charge in [0.2, 0.25) is 10.0 Å². The summed E-state index contributed by atoms with van der Waals surface area (Å²) in [5, 5.41) is 0. The highest BCUT2D eigenvalue weighted by Gasteiger charge is 2.31. The van der Waals surface area contributed by atoms with Crippen molar-refractivity contribution in [3.05, 3.63) is 28.7 Å². The summed E-state index contributed by atoms with van der Waals surface area (Å²) in [5.41, 5.74) is -0.746. The van der Waals surface area contributed by atoms with Gasteiger partial charge in [0.05, 0.1) is 24.6 Å². The maximum Gasteiger partial charge on any atom is 0.428 e. The molecule has 0 N–H and O–H groups in total. The first-order valence-corrected chi connectivity index (χ1v) is 9.62. The van der Waals surface area contributed by atoms with Crippen molar-refractivity contribution in [1.82, 2.24) is 4.57 Å². The number of hydrogen-bond donors (Lipinski definition) is 0. The van der Waals surface area contributed by atoms with Crippen LogP contribution in [-0.4, -0.2) is 44.0 Å². The Balaban J connectivity index is 2.54. The van der Waals surface area contributed by atoms with Crippen LogP contribution in [0.1, 0.15) is 20.8 Å². The molecule has 1 aromatic heterocycles. The van der Waals surface area contributed by atoms with Crippen LogP contribution in [0.15, 0.2) is 27.4 Å². The normalized spacial score (nSPS) is 12.0. The second kappa shape index (κ2) is 7.06. The van der Waals surface area contributed by atoms with Crippen molar-refractivity contribution < 1.29 is 31.9 Å². The topological polar surface area (TPSA) is 125 Å². The summed E-state index contributed by atoms with van der Waals surface area (Å²) in [6.45, 7) is 4.42. The van der Waals surface area contributed by atoms with E-state index in [9.17, 15) is 22.8 Å². The zero-order valence-corrected chi connectivity index (χ0v) is 16.3. The number of esters is 1. The van der Waals surface area contributed by atoms with Crippen LogP contribution in [-0.2, 0) is 30.8 Å². The monoisotopic (exact) mass is 400 g/mol. The van der Waals surface area contributed by atoms with Gasteiger partial charge in [0.25, 0.3) is 0 Å².